The van der Waals surface area contributed by atoms with Crippen LogP contribution in [0.15, 0.2) is 22.9 Å². The van der Waals surface area contributed by atoms with E-state index in [-0.39, 0.29) is 0 Å². The molecule has 3 nitrogen and oxygen atoms in total. The van der Waals surface area contributed by atoms with Crippen molar-refractivity contribution in [2.45, 2.75) is 12.7 Å². The Morgan fingerprint density at radius 3 is 2.73 bits per heavy atom. The summed E-state index contributed by atoms with van der Waals surface area (Å²) in [5.41, 5.74) is 0.809. The standard InChI is InChI=1S/C8H5BrF3N3/c9-5-1-7-6(13-2-5)3-14-15(7)4-8(10,11)12/h1-3H,4H2. The predicted octanol–water partition coefficient (Wildman–Crippen LogP) is 2.76. The zero-order valence-corrected chi connectivity index (χ0v) is 8.88. The van der Waals surface area contributed by atoms with Crippen molar-refractivity contribution in [1.29, 1.82) is 0 Å². The van der Waals surface area contributed by atoms with Gasteiger partial charge in [-0.25, -0.2) is 0 Å². The van der Waals surface area contributed by atoms with Crippen molar-refractivity contribution in [2.75, 3.05) is 0 Å². The van der Waals surface area contributed by atoms with Crippen LogP contribution in [-0.4, -0.2) is 20.9 Å². The van der Waals surface area contributed by atoms with Gasteiger partial charge in [0.15, 0.2) is 0 Å². The third-order valence-electron chi connectivity index (χ3n) is 1.79. The van der Waals surface area contributed by atoms with E-state index in [1.165, 1.54) is 12.4 Å². The van der Waals surface area contributed by atoms with Crippen molar-refractivity contribution in [3.8, 4) is 0 Å². The summed E-state index contributed by atoms with van der Waals surface area (Å²) >= 11 is 3.15. The molecule has 0 unspecified atom stereocenters. The van der Waals surface area contributed by atoms with Gasteiger partial charge in [0.25, 0.3) is 0 Å². The molecule has 0 fully saturated rings. The quantitative estimate of drug-likeness (QED) is 0.804. The van der Waals surface area contributed by atoms with E-state index >= 15 is 0 Å². The summed E-state index contributed by atoms with van der Waals surface area (Å²) in [5, 5.41) is 3.64. The number of aromatic nitrogens is 3. The molecule has 0 atom stereocenters. The third-order valence-corrected chi connectivity index (χ3v) is 2.22. The van der Waals surface area contributed by atoms with Gasteiger partial charge in [0.05, 0.1) is 11.7 Å². The van der Waals surface area contributed by atoms with Crippen LogP contribution >= 0.6 is 15.9 Å². The molecule has 0 spiro atoms. The molecule has 0 bridgehead atoms. The molecule has 0 aromatic carbocycles. The predicted molar refractivity (Wildman–Crippen MR) is 51.3 cm³/mol. The van der Waals surface area contributed by atoms with E-state index in [9.17, 15) is 13.2 Å². The van der Waals surface area contributed by atoms with E-state index in [2.05, 4.69) is 26.0 Å². The van der Waals surface area contributed by atoms with Gasteiger partial charge in [-0.1, -0.05) is 0 Å². The molecule has 80 valence electrons. The van der Waals surface area contributed by atoms with Crippen molar-refractivity contribution in [3.63, 3.8) is 0 Å². The zero-order valence-electron chi connectivity index (χ0n) is 7.29. The molecule has 2 aromatic heterocycles. The number of hydrogen-bond donors (Lipinski definition) is 0. The van der Waals surface area contributed by atoms with Gasteiger partial charge < -0.3 is 0 Å². The first-order valence-electron chi connectivity index (χ1n) is 3.99. The van der Waals surface area contributed by atoms with Gasteiger partial charge in [0.1, 0.15) is 12.1 Å². The Morgan fingerprint density at radius 1 is 1.33 bits per heavy atom. The second kappa shape index (κ2) is 3.48. The lowest BCUT2D eigenvalue weighted by Crippen LogP contribution is -2.18. The minimum Gasteiger partial charge on any atom is -0.254 e. The van der Waals surface area contributed by atoms with Gasteiger partial charge in [-0.3, -0.25) is 9.67 Å². The molecule has 0 aliphatic carbocycles. The van der Waals surface area contributed by atoms with E-state index in [1.54, 1.807) is 6.07 Å². The van der Waals surface area contributed by atoms with Crippen LogP contribution in [-0.2, 0) is 6.54 Å². The number of alkyl halides is 3. The lowest BCUT2D eigenvalue weighted by atomic mass is 10.4. The van der Waals surface area contributed by atoms with E-state index in [4.69, 9.17) is 0 Å². The highest BCUT2D eigenvalue weighted by Gasteiger charge is 2.29. The Hall–Kier alpha value is -1.11. The summed E-state index contributed by atoms with van der Waals surface area (Å²) in [6, 6.07) is 1.56. The molecule has 0 radical (unpaired) electrons. The molecular formula is C8H5BrF3N3. The summed E-state index contributed by atoms with van der Waals surface area (Å²) in [5.74, 6) is 0. The minimum absolute atomic E-state index is 0.363. The first kappa shape index (κ1) is 10.4. The highest BCUT2D eigenvalue weighted by atomic mass is 79.9. The number of fused-ring (bicyclic) bond motifs is 1. The molecule has 0 saturated heterocycles. The van der Waals surface area contributed by atoms with Crippen molar-refractivity contribution in [1.82, 2.24) is 14.8 Å². The van der Waals surface area contributed by atoms with Crippen LogP contribution in [0.4, 0.5) is 13.2 Å². The second-order valence-corrected chi connectivity index (χ2v) is 3.89. The number of pyridine rings is 1. The molecule has 15 heavy (non-hydrogen) atoms. The number of nitrogens with zero attached hydrogens (tertiary/aromatic N) is 3. The second-order valence-electron chi connectivity index (χ2n) is 2.98. The van der Waals surface area contributed by atoms with Crippen molar-refractivity contribution >= 4 is 27.0 Å². The molecule has 0 aliphatic heterocycles. The van der Waals surface area contributed by atoms with E-state index in [0.29, 0.717) is 15.5 Å². The molecule has 2 rings (SSSR count). The van der Waals surface area contributed by atoms with Crippen LogP contribution < -0.4 is 0 Å². The van der Waals surface area contributed by atoms with Gasteiger partial charge in [-0.15, -0.1) is 0 Å². The topological polar surface area (TPSA) is 30.7 Å². The van der Waals surface area contributed by atoms with Crippen LogP contribution in [0.2, 0.25) is 0 Å². The summed E-state index contributed by atoms with van der Waals surface area (Å²) in [7, 11) is 0. The maximum absolute atomic E-state index is 12.2. The number of halogens is 4. The van der Waals surface area contributed by atoms with Crippen LogP contribution in [0.1, 0.15) is 0 Å². The van der Waals surface area contributed by atoms with Crippen LogP contribution in [0.3, 0.4) is 0 Å². The molecule has 2 aromatic rings. The Balaban J connectivity index is 2.48. The Bertz CT molecular complexity index is 491. The highest BCUT2D eigenvalue weighted by molar-refractivity contribution is 9.10. The lowest BCUT2D eigenvalue weighted by Gasteiger charge is -2.06. The molecule has 7 heteroatoms. The summed E-state index contributed by atoms with van der Waals surface area (Å²) < 4.78 is 38.0. The first-order valence-corrected chi connectivity index (χ1v) is 4.79. The van der Waals surface area contributed by atoms with Crippen molar-refractivity contribution in [2.24, 2.45) is 0 Å². The lowest BCUT2D eigenvalue weighted by molar-refractivity contribution is -0.141. The fourth-order valence-corrected chi connectivity index (χ4v) is 1.55. The maximum atomic E-state index is 12.2. The fraction of sp³-hybridized carbons (Fsp3) is 0.250. The fourth-order valence-electron chi connectivity index (χ4n) is 1.23. The largest absolute Gasteiger partial charge is 0.408 e. The molecule has 0 saturated carbocycles. The maximum Gasteiger partial charge on any atom is 0.408 e. The Morgan fingerprint density at radius 2 is 2.07 bits per heavy atom. The van der Waals surface area contributed by atoms with Crippen LogP contribution in [0.25, 0.3) is 11.0 Å². The Kier molecular flexibility index (Phi) is 2.41. The zero-order chi connectivity index (χ0) is 11.1. The van der Waals surface area contributed by atoms with Gasteiger partial charge >= 0.3 is 6.18 Å². The average molecular weight is 280 g/mol. The molecule has 0 aliphatic rings. The third kappa shape index (κ3) is 2.28. The molecule has 0 N–H and O–H groups in total. The minimum atomic E-state index is -4.28. The van der Waals surface area contributed by atoms with Gasteiger partial charge in [0.2, 0.25) is 0 Å². The molecule has 2 heterocycles. The van der Waals surface area contributed by atoms with E-state index < -0.39 is 12.7 Å². The smallest absolute Gasteiger partial charge is 0.254 e. The van der Waals surface area contributed by atoms with Crippen molar-refractivity contribution in [3.05, 3.63) is 22.9 Å². The summed E-state index contributed by atoms with van der Waals surface area (Å²) in [4.78, 5) is 3.93. The highest BCUT2D eigenvalue weighted by Crippen LogP contribution is 2.22. The van der Waals surface area contributed by atoms with E-state index in [1.807, 2.05) is 0 Å². The average Bonchev–Trinajstić information content (AvgIpc) is 2.46. The van der Waals surface area contributed by atoms with Gasteiger partial charge in [0, 0.05) is 10.7 Å². The van der Waals surface area contributed by atoms with Crippen LogP contribution in [0.5, 0.6) is 0 Å². The summed E-state index contributed by atoms with van der Waals surface area (Å²) in [6.45, 7) is -1.10. The molecule has 0 amide bonds. The monoisotopic (exact) mass is 279 g/mol. The van der Waals surface area contributed by atoms with Crippen molar-refractivity contribution < 1.29 is 13.2 Å². The number of rotatable bonds is 1. The van der Waals surface area contributed by atoms with Gasteiger partial charge in [-0.2, -0.15) is 18.3 Å². The number of hydrogen-bond acceptors (Lipinski definition) is 2. The van der Waals surface area contributed by atoms with E-state index in [0.717, 1.165) is 4.68 Å². The summed E-state index contributed by atoms with van der Waals surface area (Å²) in [6.07, 6.45) is -1.45. The van der Waals surface area contributed by atoms with Crippen LogP contribution in [0, 0.1) is 0 Å². The molecular weight excluding hydrogens is 275 g/mol. The normalized spacial score (nSPS) is 12.3. The van der Waals surface area contributed by atoms with Gasteiger partial charge in [-0.05, 0) is 22.0 Å². The first-order chi connectivity index (χ1) is 6.96. The Labute approximate surface area is 91.0 Å². The SMILES string of the molecule is FC(F)(F)Cn1ncc2ncc(Br)cc21.